The zero-order valence-electron chi connectivity index (χ0n) is 18.7. The third-order valence-corrected chi connectivity index (χ3v) is 9.26. The molecule has 0 atom stereocenters. The number of anilines is 1. The van der Waals surface area contributed by atoms with Crippen molar-refractivity contribution < 1.29 is 13.2 Å². The molecule has 0 bridgehead atoms. The molecule has 0 aliphatic carbocycles. The van der Waals surface area contributed by atoms with Gasteiger partial charge in [-0.15, -0.1) is 11.3 Å². The number of rotatable bonds is 5. The summed E-state index contributed by atoms with van der Waals surface area (Å²) < 4.78 is 28.4. The molecule has 1 aromatic carbocycles. The summed E-state index contributed by atoms with van der Waals surface area (Å²) >= 11 is 1.38. The van der Waals surface area contributed by atoms with E-state index >= 15 is 0 Å². The predicted molar refractivity (Wildman–Crippen MR) is 127 cm³/mol. The smallest absolute Gasteiger partial charge is 0.243 e. The molecule has 0 spiro atoms. The first kappa shape index (κ1) is 22.7. The largest absolute Gasteiger partial charge is 0.360 e. The van der Waals surface area contributed by atoms with Crippen LogP contribution in [0.4, 0.5) is 5.13 Å². The summed E-state index contributed by atoms with van der Waals surface area (Å²) in [5.74, 6) is -0.339. The average molecular weight is 473 g/mol. The normalized spacial score (nSPS) is 15.8. The second-order valence-corrected chi connectivity index (χ2v) is 11.1. The highest BCUT2D eigenvalue weighted by atomic mass is 32.2. The fourth-order valence-electron chi connectivity index (χ4n) is 4.21. The van der Waals surface area contributed by atoms with Gasteiger partial charge < -0.3 is 10.3 Å². The highest BCUT2D eigenvalue weighted by molar-refractivity contribution is 7.89. The third-order valence-electron chi connectivity index (χ3n) is 6.33. The highest BCUT2D eigenvalue weighted by Crippen LogP contribution is 2.32. The Balaban J connectivity index is 1.42. The van der Waals surface area contributed by atoms with E-state index in [2.05, 4.69) is 15.3 Å². The van der Waals surface area contributed by atoms with Gasteiger partial charge in [-0.25, -0.2) is 13.4 Å². The number of sulfonamides is 1. The van der Waals surface area contributed by atoms with Crippen molar-refractivity contribution in [2.24, 2.45) is 5.92 Å². The van der Waals surface area contributed by atoms with E-state index in [1.807, 2.05) is 57.5 Å². The highest BCUT2D eigenvalue weighted by Gasteiger charge is 2.34. The molecule has 1 aliphatic heterocycles. The Hall–Kier alpha value is -2.49. The number of nitrogens with zero attached hydrogens (tertiary/aromatic N) is 2. The maximum atomic E-state index is 13.4. The maximum Gasteiger partial charge on any atom is 0.243 e. The first-order chi connectivity index (χ1) is 15.2. The Kier molecular flexibility index (Phi) is 6.24. The van der Waals surface area contributed by atoms with Gasteiger partial charge in [0.05, 0.1) is 16.3 Å². The molecule has 0 saturated carbocycles. The van der Waals surface area contributed by atoms with Crippen LogP contribution in [0.25, 0.3) is 11.4 Å². The number of thiazole rings is 1. The van der Waals surface area contributed by atoms with E-state index in [4.69, 9.17) is 0 Å². The minimum Gasteiger partial charge on any atom is -0.360 e. The Bertz CT molecular complexity index is 1210. The molecule has 0 radical (unpaired) electrons. The Morgan fingerprint density at radius 1 is 1.16 bits per heavy atom. The SMILES string of the molecule is Cc1cc(C)c(C)c(S(=O)(=O)N2CCC(C(=O)Nc3nc(-c4ccc[nH]4)cs3)CC2)c1C. The quantitative estimate of drug-likeness (QED) is 0.575. The number of carbonyl (C=O) groups excluding carboxylic acids is 1. The van der Waals surface area contributed by atoms with Crippen LogP contribution < -0.4 is 5.32 Å². The van der Waals surface area contributed by atoms with Gasteiger partial charge in [0.2, 0.25) is 15.9 Å². The van der Waals surface area contributed by atoms with Crippen LogP contribution in [-0.2, 0) is 14.8 Å². The van der Waals surface area contributed by atoms with Crippen LogP contribution in [0.1, 0.15) is 35.1 Å². The number of carbonyl (C=O) groups is 1. The molecular formula is C23H28N4O3S2. The number of nitrogens with one attached hydrogen (secondary N) is 2. The van der Waals surface area contributed by atoms with Crippen LogP contribution in [-0.4, -0.2) is 41.7 Å². The van der Waals surface area contributed by atoms with Crippen LogP contribution >= 0.6 is 11.3 Å². The van der Waals surface area contributed by atoms with E-state index in [0.717, 1.165) is 33.6 Å². The number of piperidine rings is 1. The second kappa shape index (κ2) is 8.80. The molecule has 1 aliphatic rings. The molecule has 32 heavy (non-hydrogen) atoms. The number of hydrogen-bond acceptors (Lipinski definition) is 5. The summed E-state index contributed by atoms with van der Waals surface area (Å²) in [7, 11) is -3.61. The van der Waals surface area contributed by atoms with Crippen LogP contribution in [0, 0.1) is 33.6 Å². The van der Waals surface area contributed by atoms with Crippen LogP contribution in [0.5, 0.6) is 0 Å². The van der Waals surface area contributed by atoms with E-state index in [1.165, 1.54) is 15.6 Å². The van der Waals surface area contributed by atoms with Gasteiger partial charge in [-0.2, -0.15) is 4.31 Å². The van der Waals surface area contributed by atoms with Crippen molar-refractivity contribution in [3.05, 3.63) is 52.0 Å². The zero-order chi connectivity index (χ0) is 23.0. The summed E-state index contributed by atoms with van der Waals surface area (Å²) in [5, 5.41) is 5.34. The minimum absolute atomic E-state index is 0.104. The molecule has 1 amide bonds. The summed E-state index contributed by atoms with van der Waals surface area (Å²) in [6.45, 7) is 8.28. The molecule has 1 fully saturated rings. The number of aromatic nitrogens is 2. The fourth-order valence-corrected chi connectivity index (χ4v) is 6.97. The van der Waals surface area contributed by atoms with E-state index < -0.39 is 10.0 Å². The molecule has 2 aromatic heterocycles. The van der Waals surface area contributed by atoms with Crippen molar-refractivity contribution in [3.63, 3.8) is 0 Å². The molecule has 0 unspecified atom stereocenters. The predicted octanol–water partition coefficient (Wildman–Crippen LogP) is 4.41. The summed E-state index contributed by atoms with van der Waals surface area (Å²) in [6.07, 6.45) is 2.81. The molecule has 9 heteroatoms. The number of aromatic amines is 1. The molecule has 4 rings (SSSR count). The fraction of sp³-hybridized carbons (Fsp3) is 0.391. The van der Waals surface area contributed by atoms with E-state index in [1.54, 1.807) is 0 Å². The van der Waals surface area contributed by atoms with Crippen LogP contribution in [0.15, 0.2) is 34.7 Å². The number of benzene rings is 1. The first-order valence-corrected chi connectivity index (χ1v) is 13.0. The van der Waals surface area contributed by atoms with Gasteiger partial charge >= 0.3 is 0 Å². The molecule has 2 N–H and O–H groups in total. The Labute approximate surface area is 192 Å². The average Bonchev–Trinajstić information content (AvgIpc) is 3.44. The van der Waals surface area contributed by atoms with Crippen molar-refractivity contribution in [3.8, 4) is 11.4 Å². The van der Waals surface area contributed by atoms with Gasteiger partial charge in [-0.05, 0) is 74.9 Å². The minimum atomic E-state index is -3.61. The van der Waals surface area contributed by atoms with Gasteiger partial charge in [-0.1, -0.05) is 6.07 Å². The molecular weight excluding hydrogens is 444 g/mol. The Morgan fingerprint density at radius 3 is 2.41 bits per heavy atom. The number of H-pyrrole nitrogens is 1. The van der Waals surface area contributed by atoms with Gasteiger partial charge in [0, 0.05) is 30.6 Å². The zero-order valence-corrected chi connectivity index (χ0v) is 20.4. The molecule has 7 nitrogen and oxygen atoms in total. The van der Waals surface area contributed by atoms with Crippen molar-refractivity contribution in [1.82, 2.24) is 14.3 Å². The summed E-state index contributed by atoms with van der Waals surface area (Å²) in [6, 6.07) is 5.85. The lowest BCUT2D eigenvalue weighted by molar-refractivity contribution is -0.120. The van der Waals surface area contributed by atoms with Crippen molar-refractivity contribution in [1.29, 1.82) is 0 Å². The lowest BCUT2D eigenvalue weighted by Crippen LogP contribution is -2.41. The third kappa shape index (κ3) is 4.24. The molecule has 3 heterocycles. The summed E-state index contributed by atoms with van der Waals surface area (Å²) in [5.41, 5.74) is 5.24. The lowest BCUT2D eigenvalue weighted by atomic mass is 9.97. The second-order valence-electron chi connectivity index (χ2n) is 8.38. The number of hydrogen-bond donors (Lipinski definition) is 2. The first-order valence-electron chi connectivity index (χ1n) is 10.7. The van der Waals surface area contributed by atoms with E-state index in [9.17, 15) is 13.2 Å². The van der Waals surface area contributed by atoms with Gasteiger partial charge in [-0.3, -0.25) is 4.79 Å². The molecule has 1 saturated heterocycles. The maximum absolute atomic E-state index is 13.4. The standard InChI is InChI=1S/C23H28N4O3S2/c1-14-12-15(2)17(4)21(16(14)3)32(29,30)27-10-7-18(8-11-27)22(28)26-23-25-20(13-31-23)19-6-5-9-24-19/h5-6,9,12-13,18,24H,7-8,10-11H2,1-4H3,(H,25,26,28). The van der Waals surface area contributed by atoms with Gasteiger partial charge in [0.25, 0.3) is 0 Å². The monoisotopic (exact) mass is 472 g/mol. The topological polar surface area (TPSA) is 95.2 Å². The van der Waals surface area contributed by atoms with Crippen molar-refractivity contribution in [2.75, 3.05) is 18.4 Å². The summed E-state index contributed by atoms with van der Waals surface area (Å²) in [4.78, 5) is 20.7. The lowest BCUT2D eigenvalue weighted by Gasteiger charge is -2.31. The van der Waals surface area contributed by atoms with Crippen LogP contribution in [0.2, 0.25) is 0 Å². The van der Waals surface area contributed by atoms with E-state index in [-0.39, 0.29) is 11.8 Å². The Morgan fingerprint density at radius 2 is 1.81 bits per heavy atom. The van der Waals surface area contributed by atoms with Crippen molar-refractivity contribution >= 4 is 32.4 Å². The van der Waals surface area contributed by atoms with Crippen LogP contribution in [0.3, 0.4) is 0 Å². The van der Waals surface area contributed by atoms with E-state index in [0.29, 0.717) is 36.0 Å². The van der Waals surface area contributed by atoms with Gasteiger partial charge in [0.15, 0.2) is 5.13 Å². The number of amides is 1. The molecule has 170 valence electrons. The molecule has 3 aromatic rings. The van der Waals surface area contributed by atoms with Crippen molar-refractivity contribution in [2.45, 2.75) is 45.4 Å². The van der Waals surface area contributed by atoms with Gasteiger partial charge in [0.1, 0.15) is 0 Å². The number of aryl methyl sites for hydroxylation is 2.